The molecule has 20 heavy (non-hydrogen) atoms. The summed E-state index contributed by atoms with van der Waals surface area (Å²) in [5, 5.41) is 0. The lowest BCUT2D eigenvalue weighted by molar-refractivity contribution is -0.149. The van der Waals surface area contributed by atoms with Crippen LogP contribution in [0.1, 0.15) is 25.2 Å². The maximum atomic E-state index is 12.4. The zero-order valence-electron chi connectivity index (χ0n) is 11.8. The van der Waals surface area contributed by atoms with E-state index in [-0.39, 0.29) is 5.97 Å². The number of furan rings is 1. The van der Waals surface area contributed by atoms with Gasteiger partial charge in [0.25, 0.3) is 0 Å². The van der Waals surface area contributed by atoms with Crippen LogP contribution >= 0.6 is 0 Å². The van der Waals surface area contributed by atoms with Crippen molar-refractivity contribution in [1.29, 1.82) is 0 Å². The lowest BCUT2D eigenvalue weighted by Crippen LogP contribution is -2.37. The number of ether oxygens (including phenoxy) is 1. The van der Waals surface area contributed by atoms with Gasteiger partial charge in [-0.05, 0) is 37.6 Å². The van der Waals surface area contributed by atoms with E-state index in [2.05, 4.69) is 0 Å². The van der Waals surface area contributed by atoms with Gasteiger partial charge in [-0.2, -0.15) is 0 Å². The molecule has 0 amide bonds. The van der Waals surface area contributed by atoms with Gasteiger partial charge in [0.15, 0.2) is 0 Å². The zero-order valence-corrected chi connectivity index (χ0v) is 11.8. The van der Waals surface area contributed by atoms with Gasteiger partial charge in [0.2, 0.25) is 0 Å². The second kappa shape index (κ2) is 5.82. The van der Waals surface area contributed by atoms with Crippen LogP contribution in [0, 0.1) is 0 Å². The van der Waals surface area contributed by atoms with Crippen molar-refractivity contribution in [3.8, 4) is 0 Å². The third-order valence-electron chi connectivity index (χ3n) is 3.39. The first-order valence-corrected chi connectivity index (χ1v) is 6.62. The van der Waals surface area contributed by atoms with E-state index in [1.54, 1.807) is 25.3 Å². The van der Waals surface area contributed by atoms with Crippen molar-refractivity contribution in [2.45, 2.75) is 25.7 Å². The molecule has 0 aliphatic heterocycles. The first kappa shape index (κ1) is 14.2. The van der Waals surface area contributed by atoms with Gasteiger partial charge < -0.3 is 14.9 Å². The number of hydrogen-bond acceptors (Lipinski definition) is 4. The van der Waals surface area contributed by atoms with E-state index in [0.717, 1.165) is 11.3 Å². The van der Waals surface area contributed by atoms with Gasteiger partial charge in [0.05, 0.1) is 18.3 Å². The fraction of sp³-hybridized carbons (Fsp3) is 0.312. The van der Waals surface area contributed by atoms with Crippen LogP contribution in [-0.4, -0.2) is 12.6 Å². The molecule has 0 bridgehead atoms. The summed E-state index contributed by atoms with van der Waals surface area (Å²) in [5.41, 5.74) is 6.51. The van der Waals surface area contributed by atoms with E-state index in [0.29, 0.717) is 18.7 Å². The predicted molar refractivity (Wildman–Crippen MR) is 77.3 cm³/mol. The number of carbonyl (C=O) groups is 1. The van der Waals surface area contributed by atoms with Crippen molar-refractivity contribution in [2.75, 3.05) is 12.3 Å². The molecule has 0 spiro atoms. The number of anilines is 1. The largest absolute Gasteiger partial charge is 0.469 e. The second-order valence-corrected chi connectivity index (χ2v) is 4.90. The van der Waals surface area contributed by atoms with E-state index in [9.17, 15) is 4.79 Å². The lowest BCUT2D eigenvalue weighted by atomic mass is 9.78. The summed E-state index contributed by atoms with van der Waals surface area (Å²) in [4.78, 5) is 12.4. The van der Waals surface area contributed by atoms with Crippen LogP contribution in [0.5, 0.6) is 0 Å². The van der Waals surface area contributed by atoms with Crippen LogP contribution in [-0.2, 0) is 21.4 Å². The third kappa shape index (κ3) is 2.69. The van der Waals surface area contributed by atoms with Gasteiger partial charge >= 0.3 is 5.97 Å². The first-order chi connectivity index (χ1) is 9.58. The zero-order chi connectivity index (χ0) is 14.6. The molecule has 1 heterocycles. The Hall–Kier alpha value is -2.23. The Balaban J connectivity index is 2.43. The number of esters is 1. The van der Waals surface area contributed by atoms with E-state index in [1.165, 1.54) is 0 Å². The highest BCUT2D eigenvalue weighted by Crippen LogP contribution is 2.33. The summed E-state index contributed by atoms with van der Waals surface area (Å²) >= 11 is 0. The molecule has 1 unspecified atom stereocenters. The molecule has 106 valence electrons. The van der Waals surface area contributed by atoms with Crippen LogP contribution in [0.2, 0.25) is 0 Å². The van der Waals surface area contributed by atoms with Crippen LogP contribution in [0.15, 0.2) is 47.1 Å². The van der Waals surface area contributed by atoms with Crippen molar-refractivity contribution in [3.05, 3.63) is 54.0 Å². The van der Waals surface area contributed by atoms with Gasteiger partial charge in [-0.15, -0.1) is 0 Å². The Morgan fingerprint density at radius 3 is 2.65 bits per heavy atom. The topological polar surface area (TPSA) is 65.5 Å². The van der Waals surface area contributed by atoms with Gasteiger partial charge in [0.1, 0.15) is 5.76 Å². The predicted octanol–water partition coefficient (Wildman–Crippen LogP) is 2.93. The number of rotatable bonds is 5. The van der Waals surface area contributed by atoms with E-state index in [4.69, 9.17) is 14.9 Å². The molecule has 2 N–H and O–H groups in total. The lowest BCUT2D eigenvalue weighted by Gasteiger charge is -2.28. The molecule has 0 saturated heterocycles. The van der Waals surface area contributed by atoms with Crippen molar-refractivity contribution < 1.29 is 13.9 Å². The van der Waals surface area contributed by atoms with Crippen molar-refractivity contribution in [1.82, 2.24) is 0 Å². The average molecular weight is 273 g/mol. The number of nitrogen functional groups attached to an aromatic ring is 1. The highest BCUT2D eigenvalue weighted by atomic mass is 16.5. The fourth-order valence-electron chi connectivity index (χ4n) is 2.33. The molecule has 0 saturated carbocycles. The first-order valence-electron chi connectivity index (χ1n) is 6.62. The highest BCUT2D eigenvalue weighted by Gasteiger charge is 2.39. The molecule has 0 radical (unpaired) electrons. The van der Waals surface area contributed by atoms with Crippen molar-refractivity contribution in [2.24, 2.45) is 0 Å². The maximum absolute atomic E-state index is 12.4. The molecule has 4 nitrogen and oxygen atoms in total. The van der Waals surface area contributed by atoms with Gasteiger partial charge in [0, 0.05) is 12.1 Å². The SMILES string of the molecule is CCOC(=O)C(C)(Cc1ccco1)c1ccccc1N. The summed E-state index contributed by atoms with van der Waals surface area (Å²) in [6, 6.07) is 11.0. The number of benzene rings is 1. The Kier molecular flexibility index (Phi) is 4.13. The molecule has 0 fully saturated rings. The Morgan fingerprint density at radius 2 is 2.05 bits per heavy atom. The number of hydrogen-bond donors (Lipinski definition) is 1. The van der Waals surface area contributed by atoms with Crippen LogP contribution < -0.4 is 5.73 Å². The minimum Gasteiger partial charge on any atom is -0.469 e. The Morgan fingerprint density at radius 1 is 1.30 bits per heavy atom. The van der Waals surface area contributed by atoms with Crippen molar-refractivity contribution >= 4 is 11.7 Å². The summed E-state index contributed by atoms with van der Waals surface area (Å²) in [6.45, 7) is 3.96. The van der Waals surface area contributed by atoms with Crippen LogP contribution in [0.4, 0.5) is 5.69 Å². The number of para-hydroxylation sites is 1. The molecule has 1 atom stereocenters. The van der Waals surface area contributed by atoms with E-state index in [1.807, 2.05) is 31.2 Å². The third-order valence-corrected chi connectivity index (χ3v) is 3.39. The quantitative estimate of drug-likeness (QED) is 0.672. The molecule has 2 aromatic rings. The number of carbonyl (C=O) groups excluding carboxylic acids is 1. The Bertz CT molecular complexity index is 577. The number of nitrogens with two attached hydrogens (primary N) is 1. The van der Waals surface area contributed by atoms with Gasteiger partial charge in [-0.3, -0.25) is 4.79 Å². The van der Waals surface area contributed by atoms with Crippen molar-refractivity contribution in [3.63, 3.8) is 0 Å². The molecule has 1 aromatic carbocycles. The van der Waals surface area contributed by atoms with Gasteiger partial charge in [-0.25, -0.2) is 0 Å². The second-order valence-electron chi connectivity index (χ2n) is 4.90. The summed E-state index contributed by atoms with van der Waals surface area (Å²) in [7, 11) is 0. The molecule has 4 heteroatoms. The minimum atomic E-state index is -0.862. The molecular weight excluding hydrogens is 254 g/mol. The van der Waals surface area contributed by atoms with Crippen LogP contribution in [0.25, 0.3) is 0 Å². The van der Waals surface area contributed by atoms with Gasteiger partial charge in [-0.1, -0.05) is 18.2 Å². The van der Waals surface area contributed by atoms with Crippen LogP contribution in [0.3, 0.4) is 0 Å². The smallest absolute Gasteiger partial charge is 0.316 e. The Labute approximate surface area is 118 Å². The molecule has 0 aliphatic carbocycles. The van der Waals surface area contributed by atoms with E-state index < -0.39 is 5.41 Å². The maximum Gasteiger partial charge on any atom is 0.316 e. The molecule has 0 aliphatic rings. The summed E-state index contributed by atoms with van der Waals surface area (Å²) in [5.74, 6) is 0.429. The average Bonchev–Trinajstić information content (AvgIpc) is 2.92. The van der Waals surface area contributed by atoms with E-state index >= 15 is 0 Å². The molecule has 1 aromatic heterocycles. The summed E-state index contributed by atoms with van der Waals surface area (Å²) in [6.07, 6.45) is 2.00. The highest BCUT2D eigenvalue weighted by molar-refractivity contribution is 5.85. The fourth-order valence-corrected chi connectivity index (χ4v) is 2.33. The standard InChI is InChI=1S/C16H19NO3/c1-3-19-15(18)16(2,11-12-7-6-10-20-12)13-8-4-5-9-14(13)17/h4-10H,3,11,17H2,1-2H3. The molecular formula is C16H19NO3. The minimum absolute atomic E-state index is 0.297. The summed E-state index contributed by atoms with van der Waals surface area (Å²) < 4.78 is 10.6. The molecule has 2 rings (SSSR count). The normalized spacial score (nSPS) is 13.7. The monoisotopic (exact) mass is 273 g/mol.